The standard InChI is InChI=1S/C26H24N2O6/c1-33-25(31)21(17-11-5-3-6-12-17)27-23(29)19-15-9-10-16-20(19)24(30)28-22(26(32)34-2)18-13-7-4-8-14-18/h3-16,21-22H,1-2H3,(H,27,29)(H,28,30)/t21-,22-/m0/s1. The van der Waals surface area contributed by atoms with Gasteiger partial charge in [-0.2, -0.15) is 0 Å². The van der Waals surface area contributed by atoms with E-state index in [1.807, 2.05) is 0 Å². The maximum atomic E-state index is 13.1. The van der Waals surface area contributed by atoms with E-state index in [0.717, 1.165) is 0 Å². The fourth-order valence-corrected chi connectivity index (χ4v) is 3.38. The molecule has 0 fully saturated rings. The lowest BCUT2D eigenvalue weighted by Gasteiger charge is -2.19. The second-order valence-electron chi connectivity index (χ2n) is 7.23. The lowest BCUT2D eigenvalue weighted by atomic mass is 10.0. The Kier molecular flexibility index (Phi) is 8.12. The van der Waals surface area contributed by atoms with Crippen molar-refractivity contribution in [2.24, 2.45) is 0 Å². The van der Waals surface area contributed by atoms with Crippen LogP contribution in [0.4, 0.5) is 0 Å². The van der Waals surface area contributed by atoms with E-state index in [2.05, 4.69) is 10.6 Å². The monoisotopic (exact) mass is 460 g/mol. The highest BCUT2D eigenvalue weighted by molar-refractivity contribution is 6.08. The number of nitrogens with one attached hydrogen (secondary N) is 2. The Morgan fingerprint density at radius 1 is 0.559 bits per heavy atom. The Hall–Kier alpha value is -4.46. The van der Waals surface area contributed by atoms with Crippen LogP contribution in [0.1, 0.15) is 43.9 Å². The molecule has 0 radical (unpaired) electrons. The number of esters is 2. The van der Waals surface area contributed by atoms with Gasteiger partial charge in [-0.15, -0.1) is 0 Å². The minimum absolute atomic E-state index is 0.0292. The fraction of sp³-hybridized carbons (Fsp3) is 0.154. The molecule has 3 aromatic carbocycles. The Labute approximate surface area is 196 Å². The van der Waals surface area contributed by atoms with Crippen LogP contribution < -0.4 is 10.6 Å². The SMILES string of the molecule is COC(=O)[C@@H](NC(=O)c1ccccc1C(=O)N[C@H](C(=O)OC)c1ccccc1)c1ccccc1. The van der Waals surface area contributed by atoms with Crippen molar-refractivity contribution in [2.75, 3.05) is 14.2 Å². The van der Waals surface area contributed by atoms with Crippen molar-refractivity contribution in [3.8, 4) is 0 Å². The zero-order valence-electron chi connectivity index (χ0n) is 18.7. The predicted octanol–water partition coefficient (Wildman–Crippen LogP) is 2.97. The van der Waals surface area contributed by atoms with Crippen molar-refractivity contribution in [3.05, 3.63) is 107 Å². The third-order valence-corrected chi connectivity index (χ3v) is 5.11. The highest BCUT2D eigenvalue weighted by Crippen LogP contribution is 2.19. The van der Waals surface area contributed by atoms with Crippen LogP contribution in [0.15, 0.2) is 84.9 Å². The second-order valence-corrected chi connectivity index (χ2v) is 7.23. The lowest BCUT2D eigenvalue weighted by Crippen LogP contribution is -2.38. The molecule has 8 nitrogen and oxygen atoms in total. The first-order chi connectivity index (χ1) is 16.5. The van der Waals surface area contributed by atoms with Gasteiger partial charge in [0.2, 0.25) is 0 Å². The van der Waals surface area contributed by atoms with Gasteiger partial charge in [0.25, 0.3) is 11.8 Å². The summed E-state index contributed by atoms with van der Waals surface area (Å²) in [4.78, 5) is 50.9. The summed E-state index contributed by atoms with van der Waals surface area (Å²) < 4.78 is 9.67. The molecule has 0 spiro atoms. The number of ether oxygens (including phenoxy) is 2. The number of hydrogen-bond donors (Lipinski definition) is 2. The molecular weight excluding hydrogens is 436 g/mol. The summed E-state index contributed by atoms with van der Waals surface area (Å²) in [6, 6.07) is 21.2. The minimum atomic E-state index is -1.07. The molecule has 0 heterocycles. The van der Waals surface area contributed by atoms with Gasteiger partial charge in [0, 0.05) is 0 Å². The average Bonchev–Trinajstić information content (AvgIpc) is 2.90. The number of amides is 2. The molecule has 34 heavy (non-hydrogen) atoms. The second kappa shape index (κ2) is 11.4. The van der Waals surface area contributed by atoms with E-state index in [0.29, 0.717) is 11.1 Å². The number of hydrogen-bond acceptors (Lipinski definition) is 6. The molecule has 2 N–H and O–H groups in total. The van der Waals surface area contributed by atoms with Crippen LogP contribution in [-0.4, -0.2) is 38.0 Å². The lowest BCUT2D eigenvalue weighted by molar-refractivity contribution is -0.143. The van der Waals surface area contributed by atoms with Crippen molar-refractivity contribution in [3.63, 3.8) is 0 Å². The van der Waals surface area contributed by atoms with E-state index in [1.165, 1.54) is 26.4 Å². The van der Waals surface area contributed by atoms with Crippen molar-refractivity contribution < 1.29 is 28.7 Å². The molecule has 0 bridgehead atoms. The number of methoxy groups -OCH3 is 2. The van der Waals surface area contributed by atoms with Gasteiger partial charge in [-0.3, -0.25) is 9.59 Å². The zero-order chi connectivity index (χ0) is 24.5. The summed E-state index contributed by atoms with van der Waals surface area (Å²) in [6.45, 7) is 0. The molecular formula is C26H24N2O6. The van der Waals surface area contributed by atoms with Crippen LogP contribution in [0.5, 0.6) is 0 Å². The normalized spacial score (nSPS) is 12.1. The van der Waals surface area contributed by atoms with Gasteiger partial charge in [-0.05, 0) is 23.3 Å². The van der Waals surface area contributed by atoms with E-state index < -0.39 is 35.8 Å². The van der Waals surface area contributed by atoms with Crippen LogP contribution in [-0.2, 0) is 19.1 Å². The van der Waals surface area contributed by atoms with Crippen molar-refractivity contribution in [2.45, 2.75) is 12.1 Å². The molecule has 0 saturated heterocycles. The van der Waals surface area contributed by atoms with E-state index >= 15 is 0 Å². The van der Waals surface area contributed by atoms with Gasteiger partial charge in [0.05, 0.1) is 25.3 Å². The maximum absolute atomic E-state index is 13.1. The van der Waals surface area contributed by atoms with Crippen LogP contribution in [0, 0.1) is 0 Å². The van der Waals surface area contributed by atoms with Gasteiger partial charge in [0.1, 0.15) is 0 Å². The first-order valence-corrected chi connectivity index (χ1v) is 10.4. The van der Waals surface area contributed by atoms with Crippen LogP contribution >= 0.6 is 0 Å². The number of benzene rings is 3. The Morgan fingerprint density at radius 2 is 0.882 bits per heavy atom. The largest absolute Gasteiger partial charge is 0.467 e. The van der Waals surface area contributed by atoms with Crippen LogP contribution in [0.25, 0.3) is 0 Å². The summed E-state index contributed by atoms with van der Waals surface area (Å²) in [7, 11) is 2.45. The van der Waals surface area contributed by atoms with Gasteiger partial charge >= 0.3 is 11.9 Å². The smallest absolute Gasteiger partial charge is 0.333 e. The molecule has 3 aromatic rings. The summed E-state index contributed by atoms with van der Waals surface area (Å²) in [5.74, 6) is -2.62. The highest BCUT2D eigenvalue weighted by Gasteiger charge is 2.28. The summed E-state index contributed by atoms with van der Waals surface area (Å²) in [6.07, 6.45) is 0. The molecule has 2 atom stereocenters. The van der Waals surface area contributed by atoms with Crippen molar-refractivity contribution in [1.29, 1.82) is 0 Å². The van der Waals surface area contributed by atoms with Gasteiger partial charge in [-0.25, -0.2) is 9.59 Å². The molecule has 0 aliphatic heterocycles. The summed E-state index contributed by atoms with van der Waals surface area (Å²) >= 11 is 0. The van der Waals surface area contributed by atoms with E-state index in [4.69, 9.17) is 9.47 Å². The maximum Gasteiger partial charge on any atom is 0.333 e. The average molecular weight is 460 g/mol. The van der Waals surface area contributed by atoms with Gasteiger partial charge < -0.3 is 20.1 Å². The van der Waals surface area contributed by atoms with E-state index in [-0.39, 0.29) is 11.1 Å². The van der Waals surface area contributed by atoms with Gasteiger partial charge in [-0.1, -0.05) is 72.8 Å². The summed E-state index contributed by atoms with van der Waals surface area (Å²) in [5, 5.41) is 5.26. The molecule has 0 unspecified atom stereocenters. The van der Waals surface area contributed by atoms with Crippen molar-refractivity contribution >= 4 is 23.8 Å². The fourth-order valence-electron chi connectivity index (χ4n) is 3.38. The highest BCUT2D eigenvalue weighted by atomic mass is 16.5. The molecule has 0 aliphatic rings. The number of carbonyl (C=O) groups excluding carboxylic acids is 4. The van der Waals surface area contributed by atoms with Crippen molar-refractivity contribution in [1.82, 2.24) is 10.6 Å². The Bertz CT molecular complexity index is 1070. The molecule has 0 aromatic heterocycles. The minimum Gasteiger partial charge on any atom is -0.467 e. The first kappa shape index (κ1) is 24.2. The van der Waals surface area contributed by atoms with Gasteiger partial charge in [0.15, 0.2) is 12.1 Å². The zero-order valence-corrected chi connectivity index (χ0v) is 18.7. The first-order valence-electron chi connectivity index (χ1n) is 10.4. The molecule has 174 valence electrons. The van der Waals surface area contributed by atoms with Crippen LogP contribution in [0.2, 0.25) is 0 Å². The third kappa shape index (κ3) is 5.66. The predicted molar refractivity (Wildman–Crippen MR) is 124 cm³/mol. The Morgan fingerprint density at radius 3 is 1.21 bits per heavy atom. The number of carbonyl (C=O) groups is 4. The van der Waals surface area contributed by atoms with E-state index in [9.17, 15) is 19.2 Å². The molecule has 8 heteroatoms. The molecule has 3 rings (SSSR count). The van der Waals surface area contributed by atoms with E-state index in [1.54, 1.807) is 72.8 Å². The van der Waals surface area contributed by atoms with Crippen LogP contribution in [0.3, 0.4) is 0 Å². The molecule has 0 aliphatic carbocycles. The Balaban J connectivity index is 1.88. The molecule has 0 saturated carbocycles. The number of rotatable bonds is 8. The third-order valence-electron chi connectivity index (χ3n) is 5.11. The molecule has 2 amide bonds. The summed E-state index contributed by atoms with van der Waals surface area (Å²) in [5.41, 5.74) is 1.11. The topological polar surface area (TPSA) is 111 Å². The quantitative estimate of drug-likeness (QED) is 0.500.